The van der Waals surface area contributed by atoms with Gasteiger partial charge in [0.25, 0.3) is 0 Å². The summed E-state index contributed by atoms with van der Waals surface area (Å²) in [4.78, 5) is 11.6. The Balaban J connectivity index is 2.22. The van der Waals surface area contributed by atoms with E-state index >= 15 is 0 Å². The average Bonchev–Trinajstić information content (AvgIpc) is 2.61. The van der Waals surface area contributed by atoms with Crippen molar-refractivity contribution >= 4 is 5.97 Å². The second kappa shape index (κ2) is 2.04. The maximum absolute atomic E-state index is 11.6. The maximum atomic E-state index is 11.6. The first-order valence-electron chi connectivity index (χ1n) is 4.67. The van der Waals surface area contributed by atoms with Crippen LogP contribution in [0.5, 0.6) is 0 Å². The molecule has 0 aromatic heterocycles. The normalized spacial score (nSPS) is 39.8. The molecule has 1 saturated carbocycles. The number of rotatable bonds is 1. The second-order valence-electron chi connectivity index (χ2n) is 5.02. The van der Waals surface area contributed by atoms with Crippen LogP contribution in [0.3, 0.4) is 0 Å². The second-order valence-corrected chi connectivity index (χ2v) is 5.02. The van der Waals surface area contributed by atoms with Crippen LogP contribution in [-0.2, 0) is 9.53 Å². The highest BCUT2D eigenvalue weighted by molar-refractivity contribution is 5.80. The lowest BCUT2D eigenvalue weighted by Crippen LogP contribution is -2.25. The molecule has 2 nitrogen and oxygen atoms in total. The van der Waals surface area contributed by atoms with E-state index in [0.717, 1.165) is 6.42 Å². The monoisotopic (exact) mass is 168 g/mol. The van der Waals surface area contributed by atoms with Crippen LogP contribution in [0, 0.1) is 11.3 Å². The van der Waals surface area contributed by atoms with E-state index < -0.39 is 0 Å². The number of carbonyl (C=O) groups excluding carboxylic acids is 1. The van der Waals surface area contributed by atoms with Crippen LogP contribution in [-0.4, -0.2) is 11.6 Å². The van der Waals surface area contributed by atoms with Crippen molar-refractivity contribution in [3.8, 4) is 0 Å². The minimum absolute atomic E-state index is 0.0231. The molecule has 2 rings (SSSR count). The Hall–Kier alpha value is -0.530. The van der Waals surface area contributed by atoms with Crippen molar-refractivity contribution in [1.29, 1.82) is 0 Å². The lowest BCUT2D eigenvalue weighted by Gasteiger charge is -2.19. The van der Waals surface area contributed by atoms with Gasteiger partial charge in [-0.25, -0.2) is 0 Å². The van der Waals surface area contributed by atoms with Crippen LogP contribution in [0.1, 0.15) is 40.0 Å². The third kappa shape index (κ3) is 1.05. The molecule has 0 N–H and O–H groups in total. The minimum atomic E-state index is -0.228. The summed E-state index contributed by atoms with van der Waals surface area (Å²) >= 11 is 0. The Labute approximate surface area is 73.3 Å². The lowest BCUT2D eigenvalue weighted by molar-refractivity contribution is -0.152. The first kappa shape index (κ1) is 8.09. The van der Waals surface area contributed by atoms with Crippen LogP contribution in [0.2, 0.25) is 0 Å². The van der Waals surface area contributed by atoms with Crippen LogP contribution in [0.4, 0.5) is 0 Å². The van der Waals surface area contributed by atoms with Gasteiger partial charge < -0.3 is 4.74 Å². The molecule has 0 bridgehead atoms. The molecule has 1 saturated heterocycles. The summed E-state index contributed by atoms with van der Waals surface area (Å²) in [7, 11) is 0. The molecule has 1 atom stereocenters. The third-order valence-corrected chi connectivity index (χ3v) is 3.11. The number of carbonyl (C=O) groups is 1. The Morgan fingerprint density at radius 2 is 1.92 bits per heavy atom. The summed E-state index contributed by atoms with van der Waals surface area (Å²) in [5.74, 6) is 0.627. The maximum Gasteiger partial charge on any atom is 0.312 e. The van der Waals surface area contributed by atoms with Crippen molar-refractivity contribution in [3.05, 3.63) is 0 Å². The SMILES string of the molecule is CC1(C)CC(C)(C2CC2)C(=O)O1. The zero-order valence-corrected chi connectivity index (χ0v) is 8.02. The summed E-state index contributed by atoms with van der Waals surface area (Å²) in [6, 6.07) is 0. The highest BCUT2D eigenvalue weighted by Gasteiger charge is 2.56. The van der Waals surface area contributed by atoms with Gasteiger partial charge in [0.15, 0.2) is 0 Å². The average molecular weight is 168 g/mol. The third-order valence-electron chi connectivity index (χ3n) is 3.11. The van der Waals surface area contributed by atoms with E-state index in [2.05, 4.69) is 6.92 Å². The highest BCUT2D eigenvalue weighted by atomic mass is 16.6. The number of hydrogen-bond acceptors (Lipinski definition) is 2. The van der Waals surface area contributed by atoms with Crippen molar-refractivity contribution in [3.63, 3.8) is 0 Å². The van der Waals surface area contributed by atoms with E-state index in [-0.39, 0.29) is 17.0 Å². The van der Waals surface area contributed by atoms with Crippen molar-refractivity contribution in [1.82, 2.24) is 0 Å². The quantitative estimate of drug-likeness (QED) is 0.561. The van der Waals surface area contributed by atoms with Crippen LogP contribution < -0.4 is 0 Å². The van der Waals surface area contributed by atoms with Gasteiger partial charge in [-0.1, -0.05) is 0 Å². The molecule has 1 heterocycles. The molecule has 1 unspecified atom stereocenters. The fourth-order valence-corrected chi connectivity index (χ4v) is 2.39. The van der Waals surface area contributed by atoms with E-state index in [9.17, 15) is 4.79 Å². The first-order valence-corrected chi connectivity index (χ1v) is 4.67. The minimum Gasteiger partial charge on any atom is -0.459 e. The largest absolute Gasteiger partial charge is 0.459 e. The Morgan fingerprint density at radius 3 is 2.25 bits per heavy atom. The summed E-state index contributed by atoms with van der Waals surface area (Å²) in [6.07, 6.45) is 3.31. The topological polar surface area (TPSA) is 26.3 Å². The van der Waals surface area contributed by atoms with Crippen molar-refractivity contribution in [2.24, 2.45) is 11.3 Å². The zero-order valence-electron chi connectivity index (χ0n) is 8.02. The number of esters is 1. The highest BCUT2D eigenvalue weighted by Crippen LogP contribution is 2.54. The molecule has 68 valence electrons. The molecule has 0 aromatic carbocycles. The van der Waals surface area contributed by atoms with Crippen LogP contribution in [0.15, 0.2) is 0 Å². The van der Waals surface area contributed by atoms with E-state index in [1.165, 1.54) is 12.8 Å². The Bertz CT molecular complexity index is 228. The smallest absolute Gasteiger partial charge is 0.312 e. The first-order chi connectivity index (χ1) is 5.44. The Morgan fingerprint density at radius 1 is 1.33 bits per heavy atom. The Kier molecular flexibility index (Phi) is 1.37. The summed E-state index contributed by atoms with van der Waals surface area (Å²) < 4.78 is 5.33. The molecule has 2 aliphatic rings. The lowest BCUT2D eigenvalue weighted by atomic mass is 9.79. The van der Waals surface area contributed by atoms with Gasteiger partial charge >= 0.3 is 5.97 Å². The summed E-state index contributed by atoms with van der Waals surface area (Å²) in [6.45, 7) is 6.05. The van der Waals surface area contributed by atoms with Crippen molar-refractivity contribution in [2.75, 3.05) is 0 Å². The molecule has 0 amide bonds. The van der Waals surface area contributed by atoms with Gasteiger partial charge in [0.2, 0.25) is 0 Å². The number of cyclic esters (lactones) is 1. The van der Waals surface area contributed by atoms with Gasteiger partial charge in [-0.3, -0.25) is 4.79 Å². The predicted octanol–water partition coefficient (Wildman–Crippen LogP) is 2.13. The molecule has 0 aromatic rings. The molecule has 12 heavy (non-hydrogen) atoms. The molecule has 2 fully saturated rings. The zero-order chi connectivity index (χ0) is 8.98. The fraction of sp³-hybridized carbons (Fsp3) is 0.900. The molecule has 1 aliphatic carbocycles. The molecule has 0 radical (unpaired) electrons. The number of ether oxygens (including phenoxy) is 1. The fourth-order valence-electron chi connectivity index (χ4n) is 2.39. The molecule has 2 heteroatoms. The molecular weight excluding hydrogens is 152 g/mol. The molecular formula is C10H16O2. The van der Waals surface area contributed by atoms with E-state index in [4.69, 9.17) is 4.74 Å². The van der Waals surface area contributed by atoms with E-state index in [1.807, 2.05) is 13.8 Å². The van der Waals surface area contributed by atoms with Crippen molar-refractivity contribution < 1.29 is 9.53 Å². The number of hydrogen-bond donors (Lipinski definition) is 0. The molecule has 0 spiro atoms. The van der Waals surface area contributed by atoms with Gasteiger partial charge in [-0.2, -0.15) is 0 Å². The van der Waals surface area contributed by atoms with Crippen LogP contribution >= 0.6 is 0 Å². The predicted molar refractivity (Wildman–Crippen MR) is 45.6 cm³/mol. The van der Waals surface area contributed by atoms with E-state index in [0.29, 0.717) is 5.92 Å². The van der Waals surface area contributed by atoms with Crippen molar-refractivity contribution in [2.45, 2.75) is 45.6 Å². The summed E-state index contributed by atoms with van der Waals surface area (Å²) in [5.41, 5.74) is -0.391. The van der Waals surface area contributed by atoms with E-state index in [1.54, 1.807) is 0 Å². The standard InChI is InChI=1S/C10H16O2/c1-9(2)6-10(3,7-4-5-7)8(11)12-9/h7H,4-6H2,1-3H3. The van der Waals surface area contributed by atoms with Gasteiger partial charge in [-0.05, 0) is 39.5 Å². The van der Waals surface area contributed by atoms with Gasteiger partial charge in [-0.15, -0.1) is 0 Å². The summed E-state index contributed by atoms with van der Waals surface area (Å²) in [5, 5.41) is 0. The molecule has 1 aliphatic heterocycles. The van der Waals surface area contributed by atoms with Gasteiger partial charge in [0.1, 0.15) is 5.60 Å². The van der Waals surface area contributed by atoms with Gasteiger partial charge in [0.05, 0.1) is 5.41 Å². The van der Waals surface area contributed by atoms with Gasteiger partial charge in [0, 0.05) is 6.42 Å². The van der Waals surface area contributed by atoms with Crippen LogP contribution in [0.25, 0.3) is 0 Å².